The van der Waals surface area contributed by atoms with Crippen LogP contribution in [-0.4, -0.2) is 26.2 Å². The maximum atomic E-state index is 13.2. The van der Waals surface area contributed by atoms with Gasteiger partial charge >= 0.3 is 11.9 Å². The van der Waals surface area contributed by atoms with Crippen molar-refractivity contribution in [1.29, 1.82) is 0 Å². The van der Waals surface area contributed by atoms with E-state index in [1.807, 2.05) is 0 Å². The minimum absolute atomic E-state index is 0.392. The second-order valence-corrected chi connectivity index (χ2v) is 10.4. The first-order valence-electron chi connectivity index (χ1n) is 14.4. The van der Waals surface area contributed by atoms with Crippen LogP contribution >= 0.6 is 0 Å². The summed E-state index contributed by atoms with van der Waals surface area (Å²) >= 11 is 0. The van der Waals surface area contributed by atoms with Crippen molar-refractivity contribution in [3.05, 3.63) is 79.9 Å². The molecule has 0 amide bonds. The molecule has 0 saturated heterocycles. The number of benzene rings is 3. The highest BCUT2D eigenvalue weighted by Gasteiger charge is 2.34. The molecular formula is C34H42O4. The first-order valence-corrected chi connectivity index (χ1v) is 14.4. The number of carbonyl (C=O) groups is 2. The zero-order chi connectivity index (χ0) is 27.4. The molecule has 1 aliphatic carbocycles. The smallest absolute Gasteiger partial charge is 0.339 e. The fraction of sp³-hybridized carbons (Fsp3) is 0.471. The third-order valence-electron chi connectivity index (χ3n) is 8.37. The average Bonchev–Trinajstić information content (AvgIpc) is 2.95. The molecule has 0 atom stereocenters. The Morgan fingerprint density at radius 2 is 1.00 bits per heavy atom. The maximum absolute atomic E-state index is 13.2. The monoisotopic (exact) mass is 514 g/mol. The highest BCUT2D eigenvalue weighted by atomic mass is 16.5. The van der Waals surface area contributed by atoms with Gasteiger partial charge in [0.2, 0.25) is 0 Å². The van der Waals surface area contributed by atoms with Gasteiger partial charge in [0.15, 0.2) is 0 Å². The second kappa shape index (κ2) is 12.1. The molecule has 202 valence electrons. The predicted octanol–water partition coefficient (Wildman–Crippen LogP) is 7.72. The van der Waals surface area contributed by atoms with Crippen LogP contribution in [0.2, 0.25) is 0 Å². The molecular weight excluding hydrogens is 472 g/mol. The van der Waals surface area contributed by atoms with E-state index in [0.717, 1.165) is 62.5 Å². The summed E-state index contributed by atoms with van der Waals surface area (Å²) in [5.41, 5.74) is 10.9. The fourth-order valence-corrected chi connectivity index (χ4v) is 6.59. The maximum Gasteiger partial charge on any atom is 0.339 e. The zero-order valence-corrected chi connectivity index (χ0v) is 24.0. The van der Waals surface area contributed by atoms with Crippen molar-refractivity contribution in [2.75, 3.05) is 14.2 Å². The Bertz CT molecular complexity index is 1260. The predicted molar refractivity (Wildman–Crippen MR) is 155 cm³/mol. The largest absolute Gasteiger partial charge is 0.465 e. The Morgan fingerprint density at radius 3 is 1.32 bits per heavy atom. The lowest BCUT2D eigenvalue weighted by Crippen LogP contribution is -2.24. The number of carbonyl (C=O) groups excluding carboxylic acids is 2. The summed E-state index contributed by atoms with van der Waals surface area (Å²) in [7, 11) is 2.77. The molecule has 0 spiro atoms. The highest BCUT2D eigenvalue weighted by Crippen LogP contribution is 2.43. The van der Waals surface area contributed by atoms with E-state index in [4.69, 9.17) is 9.47 Å². The number of hydrogen-bond acceptors (Lipinski definition) is 4. The molecule has 0 aliphatic heterocycles. The summed E-state index contributed by atoms with van der Waals surface area (Å²) in [6.45, 7) is 8.63. The number of unbranched alkanes of at least 4 members (excludes halogenated alkanes) is 2. The molecule has 38 heavy (non-hydrogen) atoms. The summed E-state index contributed by atoms with van der Waals surface area (Å²) in [5, 5.41) is 2.75. The lowest BCUT2D eigenvalue weighted by molar-refractivity contribution is 0.0553. The van der Waals surface area contributed by atoms with E-state index in [2.05, 4.69) is 52.0 Å². The average molecular weight is 515 g/mol. The van der Waals surface area contributed by atoms with Crippen LogP contribution in [-0.2, 0) is 48.0 Å². The summed E-state index contributed by atoms with van der Waals surface area (Å²) < 4.78 is 10.5. The third-order valence-corrected chi connectivity index (χ3v) is 8.37. The van der Waals surface area contributed by atoms with Gasteiger partial charge < -0.3 is 9.47 Å². The molecule has 0 N–H and O–H groups in total. The standard InChI is InChI=1S/C34H42O4/c1-7-11-15-25-23-17-13-14-18-24(23)26(16-12-8-2)30-20-28-22(10-4)32(34(36)38-6)31(33(35)37-5)21(9-3)27(28)19-29(25)30/h13-14,17-18H,7-12,15-16,19-20H2,1-6H3. The van der Waals surface area contributed by atoms with Crippen LogP contribution in [0.5, 0.6) is 0 Å². The molecule has 3 aromatic carbocycles. The third kappa shape index (κ3) is 4.74. The quantitative estimate of drug-likeness (QED) is 0.203. The number of aryl methyl sites for hydroxylation is 2. The summed E-state index contributed by atoms with van der Waals surface area (Å²) in [5.74, 6) is -0.919. The van der Waals surface area contributed by atoms with Gasteiger partial charge in [-0.2, -0.15) is 0 Å². The zero-order valence-electron chi connectivity index (χ0n) is 24.0. The van der Waals surface area contributed by atoms with Crippen molar-refractivity contribution in [3.63, 3.8) is 0 Å². The molecule has 1 aliphatic rings. The first-order chi connectivity index (χ1) is 18.5. The molecule has 3 aromatic rings. The van der Waals surface area contributed by atoms with Crippen LogP contribution in [0.1, 0.15) is 119 Å². The van der Waals surface area contributed by atoms with Gasteiger partial charge in [0.1, 0.15) is 0 Å². The molecule has 0 saturated carbocycles. The molecule has 0 aromatic heterocycles. The van der Waals surface area contributed by atoms with Gasteiger partial charge in [-0.25, -0.2) is 9.59 Å². The normalized spacial score (nSPS) is 12.3. The molecule has 0 heterocycles. The Hall–Kier alpha value is -3.14. The van der Waals surface area contributed by atoms with Gasteiger partial charge in [-0.15, -0.1) is 0 Å². The Labute approximate surface area is 227 Å². The van der Waals surface area contributed by atoms with Gasteiger partial charge in [-0.3, -0.25) is 0 Å². The van der Waals surface area contributed by atoms with Crippen LogP contribution in [0.3, 0.4) is 0 Å². The van der Waals surface area contributed by atoms with Gasteiger partial charge in [0.05, 0.1) is 25.3 Å². The fourth-order valence-electron chi connectivity index (χ4n) is 6.59. The minimum atomic E-state index is -0.459. The van der Waals surface area contributed by atoms with Crippen molar-refractivity contribution in [3.8, 4) is 0 Å². The molecule has 0 radical (unpaired) electrons. The van der Waals surface area contributed by atoms with Crippen LogP contribution < -0.4 is 0 Å². The van der Waals surface area contributed by atoms with Crippen molar-refractivity contribution >= 4 is 22.7 Å². The van der Waals surface area contributed by atoms with Crippen molar-refractivity contribution in [2.45, 2.75) is 91.9 Å². The molecule has 0 bridgehead atoms. The van der Waals surface area contributed by atoms with E-state index in [9.17, 15) is 9.59 Å². The van der Waals surface area contributed by atoms with E-state index >= 15 is 0 Å². The van der Waals surface area contributed by atoms with Crippen LogP contribution in [0.25, 0.3) is 10.8 Å². The van der Waals surface area contributed by atoms with E-state index in [1.165, 1.54) is 58.4 Å². The van der Waals surface area contributed by atoms with Crippen LogP contribution in [0, 0.1) is 0 Å². The number of hydrogen-bond donors (Lipinski definition) is 0. The number of methoxy groups -OCH3 is 2. The second-order valence-electron chi connectivity index (χ2n) is 10.4. The molecule has 0 fully saturated rings. The van der Waals surface area contributed by atoms with Gasteiger partial charge in [-0.05, 0) is 107 Å². The number of ether oxygens (including phenoxy) is 2. The summed E-state index contributed by atoms with van der Waals surface area (Å²) in [6.07, 6.45) is 9.56. The highest BCUT2D eigenvalue weighted by molar-refractivity contribution is 6.06. The van der Waals surface area contributed by atoms with Crippen molar-refractivity contribution in [2.24, 2.45) is 0 Å². The Kier molecular flexibility index (Phi) is 8.91. The molecule has 4 nitrogen and oxygen atoms in total. The van der Waals surface area contributed by atoms with Gasteiger partial charge in [-0.1, -0.05) is 64.8 Å². The first kappa shape index (κ1) is 27.9. The SMILES string of the molecule is CCCCc1c2c(c(CCCC)c3ccccc13)Cc1c(c(CC)c(C(=O)OC)c(C(=O)OC)c1CC)C2. The summed E-state index contributed by atoms with van der Waals surface area (Å²) in [4.78, 5) is 26.3. The van der Waals surface area contributed by atoms with Crippen LogP contribution in [0.4, 0.5) is 0 Å². The van der Waals surface area contributed by atoms with Crippen LogP contribution in [0.15, 0.2) is 24.3 Å². The summed E-state index contributed by atoms with van der Waals surface area (Å²) in [6, 6.07) is 8.92. The number of fused-ring (bicyclic) bond motifs is 3. The van der Waals surface area contributed by atoms with Gasteiger partial charge in [0.25, 0.3) is 0 Å². The topological polar surface area (TPSA) is 52.6 Å². The number of rotatable bonds is 10. The Balaban J connectivity index is 2.10. The molecule has 0 unspecified atom stereocenters. The van der Waals surface area contributed by atoms with Gasteiger partial charge in [0, 0.05) is 0 Å². The lowest BCUT2D eigenvalue weighted by atomic mass is 9.72. The molecule has 4 heteroatoms. The van der Waals surface area contributed by atoms with Crippen molar-refractivity contribution < 1.29 is 19.1 Å². The van der Waals surface area contributed by atoms with E-state index < -0.39 is 11.9 Å². The number of esters is 2. The molecule has 4 rings (SSSR count). The van der Waals surface area contributed by atoms with Crippen molar-refractivity contribution in [1.82, 2.24) is 0 Å². The van der Waals surface area contributed by atoms with E-state index in [-0.39, 0.29) is 0 Å². The van der Waals surface area contributed by atoms with E-state index in [0.29, 0.717) is 24.0 Å². The lowest BCUT2D eigenvalue weighted by Gasteiger charge is -2.32. The Morgan fingerprint density at radius 1 is 0.632 bits per heavy atom. The van der Waals surface area contributed by atoms with E-state index in [1.54, 1.807) is 0 Å². The minimum Gasteiger partial charge on any atom is -0.465 e.